The number of aryl methyl sites for hydroxylation is 1. The molecule has 2 aromatic rings. The lowest BCUT2D eigenvalue weighted by Gasteiger charge is -2.34. The van der Waals surface area contributed by atoms with Gasteiger partial charge in [0.1, 0.15) is 5.56 Å². The Bertz CT molecular complexity index is 972. The van der Waals surface area contributed by atoms with Crippen LogP contribution in [-0.4, -0.2) is 71.4 Å². The van der Waals surface area contributed by atoms with Crippen molar-refractivity contribution in [3.8, 4) is 0 Å². The first-order valence-electron chi connectivity index (χ1n) is 10.1. The third-order valence-electron chi connectivity index (χ3n) is 4.88. The third-order valence-corrected chi connectivity index (χ3v) is 5.86. The molecular formula is C19H25F3N6O3S. The van der Waals surface area contributed by atoms with Crippen molar-refractivity contribution in [1.29, 1.82) is 0 Å². The SMILES string of the molecule is Cc1cnc(N2CCN(C(=O)CCOCC(C)Nc3cn[nH]c(=O)c3C(F)(F)F)CC2)s1. The van der Waals surface area contributed by atoms with Crippen LogP contribution in [0.2, 0.25) is 0 Å². The molecule has 0 saturated carbocycles. The Morgan fingerprint density at radius 3 is 2.66 bits per heavy atom. The molecule has 3 heterocycles. The standard InChI is InChI=1S/C19H25F3N6O3S/c1-12(25-14-10-24-26-17(30)16(14)19(20,21)22)11-31-8-3-15(29)27-4-6-28(7-5-27)18-23-9-13(2)32-18/h9-10,12H,3-8,11H2,1-2H3,(H2,25,26,30). The van der Waals surface area contributed by atoms with Crippen LogP contribution in [0.1, 0.15) is 23.8 Å². The van der Waals surface area contributed by atoms with Crippen LogP contribution in [0.15, 0.2) is 17.2 Å². The van der Waals surface area contributed by atoms with E-state index in [1.807, 2.05) is 13.1 Å². The summed E-state index contributed by atoms with van der Waals surface area (Å²) in [6.07, 6.45) is -1.88. The molecule has 0 bridgehead atoms. The molecule has 32 heavy (non-hydrogen) atoms. The molecule has 1 aliphatic rings. The maximum Gasteiger partial charge on any atom is 0.423 e. The molecule has 176 valence electrons. The molecule has 1 aliphatic heterocycles. The second kappa shape index (κ2) is 10.3. The first-order valence-corrected chi connectivity index (χ1v) is 10.9. The Hall–Kier alpha value is -2.67. The Morgan fingerprint density at radius 1 is 1.31 bits per heavy atom. The van der Waals surface area contributed by atoms with E-state index in [1.165, 1.54) is 0 Å². The monoisotopic (exact) mass is 474 g/mol. The molecule has 1 fully saturated rings. The topological polar surface area (TPSA) is 103 Å². The second-order valence-corrected chi connectivity index (χ2v) is 8.69. The summed E-state index contributed by atoms with van der Waals surface area (Å²) in [6.45, 7) is 6.46. The van der Waals surface area contributed by atoms with Gasteiger partial charge in [-0.25, -0.2) is 10.1 Å². The van der Waals surface area contributed by atoms with Crippen LogP contribution in [0.4, 0.5) is 24.0 Å². The normalized spacial score (nSPS) is 15.7. The molecule has 1 atom stereocenters. The highest BCUT2D eigenvalue weighted by atomic mass is 32.1. The van der Waals surface area contributed by atoms with Gasteiger partial charge in [-0.1, -0.05) is 0 Å². The van der Waals surface area contributed by atoms with Crippen molar-refractivity contribution in [1.82, 2.24) is 20.1 Å². The minimum absolute atomic E-state index is 0.0290. The molecule has 2 aromatic heterocycles. The number of aromatic amines is 1. The van der Waals surface area contributed by atoms with Gasteiger partial charge in [0, 0.05) is 43.3 Å². The highest BCUT2D eigenvalue weighted by molar-refractivity contribution is 7.15. The number of amides is 1. The van der Waals surface area contributed by atoms with Crippen molar-refractivity contribution in [3.05, 3.63) is 33.2 Å². The smallest absolute Gasteiger partial charge is 0.379 e. The number of H-pyrrole nitrogens is 1. The van der Waals surface area contributed by atoms with Crippen LogP contribution in [-0.2, 0) is 15.7 Å². The zero-order valence-corrected chi connectivity index (χ0v) is 18.6. The number of carbonyl (C=O) groups excluding carboxylic acids is 1. The van der Waals surface area contributed by atoms with Gasteiger partial charge < -0.3 is 19.9 Å². The fourth-order valence-corrected chi connectivity index (χ4v) is 4.12. The number of aromatic nitrogens is 3. The molecule has 1 saturated heterocycles. The van der Waals surface area contributed by atoms with Gasteiger partial charge in [-0.3, -0.25) is 9.59 Å². The number of hydrogen-bond donors (Lipinski definition) is 2. The highest BCUT2D eigenvalue weighted by Gasteiger charge is 2.37. The van der Waals surface area contributed by atoms with Crippen molar-refractivity contribution in [2.24, 2.45) is 0 Å². The van der Waals surface area contributed by atoms with E-state index in [9.17, 15) is 22.8 Å². The quantitative estimate of drug-likeness (QED) is 0.565. The maximum atomic E-state index is 13.1. The van der Waals surface area contributed by atoms with Gasteiger partial charge in [-0.2, -0.15) is 18.3 Å². The summed E-state index contributed by atoms with van der Waals surface area (Å²) in [5.74, 6) is -0.0290. The number of hydrogen-bond acceptors (Lipinski definition) is 8. The average Bonchev–Trinajstić information content (AvgIpc) is 3.16. The van der Waals surface area contributed by atoms with Crippen LogP contribution >= 0.6 is 11.3 Å². The summed E-state index contributed by atoms with van der Waals surface area (Å²) >= 11 is 1.63. The number of rotatable bonds is 8. The minimum Gasteiger partial charge on any atom is -0.379 e. The fraction of sp³-hybridized carbons (Fsp3) is 0.579. The van der Waals surface area contributed by atoms with Gasteiger partial charge in [0.25, 0.3) is 5.56 Å². The molecule has 0 spiro atoms. The summed E-state index contributed by atoms with van der Waals surface area (Å²) in [5.41, 5.74) is -3.06. The number of thiazole rings is 1. The molecule has 9 nitrogen and oxygen atoms in total. The first kappa shape index (κ1) is 24.0. The van der Waals surface area contributed by atoms with Gasteiger partial charge in [0.05, 0.1) is 31.5 Å². The number of anilines is 2. The molecule has 3 rings (SSSR count). The van der Waals surface area contributed by atoms with E-state index >= 15 is 0 Å². The van der Waals surface area contributed by atoms with Crippen molar-refractivity contribution < 1.29 is 22.7 Å². The number of carbonyl (C=O) groups is 1. The molecule has 1 amide bonds. The zero-order chi connectivity index (χ0) is 23.3. The fourth-order valence-electron chi connectivity index (χ4n) is 3.31. The van der Waals surface area contributed by atoms with Gasteiger partial charge in [0.2, 0.25) is 5.91 Å². The lowest BCUT2D eigenvalue weighted by atomic mass is 10.2. The molecule has 1 unspecified atom stereocenters. The minimum atomic E-state index is -4.81. The number of ether oxygens (including phenoxy) is 1. The second-order valence-electron chi connectivity index (χ2n) is 7.48. The van der Waals surface area contributed by atoms with Gasteiger partial charge in [0.15, 0.2) is 5.13 Å². The maximum absolute atomic E-state index is 13.1. The summed E-state index contributed by atoms with van der Waals surface area (Å²) < 4.78 is 44.7. The Morgan fingerprint density at radius 2 is 2.03 bits per heavy atom. The largest absolute Gasteiger partial charge is 0.423 e. The summed E-state index contributed by atoms with van der Waals surface area (Å²) in [5, 5.41) is 8.76. The van der Waals surface area contributed by atoms with E-state index in [4.69, 9.17) is 4.74 Å². The Balaban J connectivity index is 1.39. The zero-order valence-electron chi connectivity index (χ0n) is 17.7. The lowest BCUT2D eigenvalue weighted by Crippen LogP contribution is -2.49. The average molecular weight is 475 g/mol. The summed E-state index contributed by atoms with van der Waals surface area (Å²) in [7, 11) is 0. The molecule has 0 aromatic carbocycles. The molecule has 0 radical (unpaired) electrons. The van der Waals surface area contributed by atoms with Gasteiger partial charge >= 0.3 is 6.18 Å². The van der Waals surface area contributed by atoms with Crippen LogP contribution < -0.4 is 15.8 Å². The summed E-state index contributed by atoms with van der Waals surface area (Å²) in [6, 6.07) is -0.528. The predicted molar refractivity (Wildman–Crippen MR) is 114 cm³/mol. The van der Waals surface area contributed by atoms with Gasteiger partial charge in [-0.05, 0) is 13.8 Å². The third kappa shape index (κ3) is 6.19. The predicted octanol–water partition coefficient (Wildman–Crippen LogP) is 2.11. The summed E-state index contributed by atoms with van der Waals surface area (Å²) in [4.78, 5) is 33.3. The van der Waals surface area contributed by atoms with Crippen LogP contribution in [0.25, 0.3) is 0 Å². The van der Waals surface area contributed by atoms with E-state index in [0.29, 0.717) is 26.2 Å². The van der Waals surface area contributed by atoms with E-state index in [-0.39, 0.29) is 25.5 Å². The first-order chi connectivity index (χ1) is 15.1. The van der Waals surface area contributed by atoms with Crippen LogP contribution in [0, 0.1) is 6.92 Å². The van der Waals surface area contributed by atoms with Crippen LogP contribution in [0.3, 0.4) is 0 Å². The Kier molecular flexibility index (Phi) is 7.72. The van der Waals surface area contributed by atoms with E-state index < -0.39 is 29.0 Å². The number of alkyl halides is 3. The number of nitrogens with one attached hydrogen (secondary N) is 2. The molecular weight excluding hydrogens is 449 g/mol. The van der Waals surface area contributed by atoms with Crippen molar-refractivity contribution >= 4 is 28.1 Å². The number of piperazine rings is 1. The molecule has 13 heteroatoms. The lowest BCUT2D eigenvalue weighted by molar-refractivity contribution is -0.138. The van der Waals surface area contributed by atoms with E-state index in [1.54, 1.807) is 28.3 Å². The number of halogens is 3. The number of nitrogens with zero attached hydrogens (tertiary/aromatic N) is 4. The van der Waals surface area contributed by atoms with Gasteiger partial charge in [-0.15, -0.1) is 11.3 Å². The van der Waals surface area contributed by atoms with Crippen molar-refractivity contribution in [2.75, 3.05) is 49.6 Å². The van der Waals surface area contributed by atoms with E-state index in [0.717, 1.165) is 16.2 Å². The molecule has 2 N–H and O–H groups in total. The Labute approximate surface area is 186 Å². The van der Waals surface area contributed by atoms with E-state index in [2.05, 4.69) is 20.3 Å². The highest BCUT2D eigenvalue weighted by Crippen LogP contribution is 2.31. The van der Waals surface area contributed by atoms with Crippen molar-refractivity contribution in [3.63, 3.8) is 0 Å². The van der Waals surface area contributed by atoms with Crippen molar-refractivity contribution in [2.45, 2.75) is 32.5 Å². The van der Waals surface area contributed by atoms with Crippen LogP contribution in [0.5, 0.6) is 0 Å². The molecule has 0 aliphatic carbocycles.